The number of amides is 3. The van der Waals surface area contributed by atoms with Crippen LogP contribution in [0.25, 0.3) is 0 Å². The smallest absolute Gasteiger partial charge is 0.252 e. The standard InChI is InChI=1S/C29H21ClF4IN5O3/c30-16-1-2-21(22(35)8-16)26(27(42)38-19-12-29(33,34)13-19)39(20-10-17(31)9-18(32)11-20)28(43)23-3-4-25(41)40(23)24-7-15(14-36)5-6-37-24/h1-2,5-11,19,23,26H,3-4,12-13H2,(H,38,42)/t23-,26-/m0/s1. The first-order valence-electron chi connectivity index (χ1n) is 13.0. The Labute approximate surface area is 261 Å². The van der Waals surface area contributed by atoms with Gasteiger partial charge in [-0.25, -0.2) is 22.5 Å². The molecule has 1 N–H and O–H groups in total. The summed E-state index contributed by atoms with van der Waals surface area (Å²) >= 11 is 8.02. The topological polar surface area (TPSA) is 106 Å². The largest absolute Gasteiger partial charge is 0.351 e. The average Bonchev–Trinajstić information content (AvgIpc) is 3.31. The predicted octanol–water partition coefficient (Wildman–Crippen LogP) is 5.67. The van der Waals surface area contributed by atoms with E-state index in [4.69, 9.17) is 11.6 Å². The Morgan fingerprint density at radius 2 is 1.84 bits per heavy atom. The van der Waals surface area contributed by atoms with Gasteiger partial charge >= 0.3 is 0 Å². The van der Waals surface area contributed by atoms with Crippen molar-refractivity contribution in [3.05, 3.63) is 86.1 Å². The van der Waals surface area contributed by atoms with Crippen LogP contribution in [0.2, 0.25) is 5.02 Å². The normalized spacial score (nSPS) is 18.5. The fourth-order valence-electron chi connectivity index (χ4n) is 5.23. The number of alkyl halides is 2. The molecule has 1 saturated heterocycles. The van der Waals surface area contributed by atoms with Gasteiger partial charge in [0.15, 0.2) is 0 Å². The fourth-order valence-corrected chi connectivity index (χ4v) is 6.40. The molecule has 14 heteroatoms. The summed E-state index contributed by atoms with van der Waals surface area (Å²) in [4.78, 5) is 47.5. The van der Waals surface area contributed by atoms with Crippen LogP contribution in [-0.4, -0.2) is 40.7 Å². The number of hydrogen-bond acceptors (Lipinski definition) is 5. The first-order valence-corrected chi connectivity index (χ1v) is 14.4. The van der Waals surface area contributed by atoms with Crippen molar-refractivity contribution in [2.24, 2.45) is 0 Å². The molecule has 1 aromatic heterocycles. The van der Waals surface area contributed by atoms with Gasteiger partial charge in [0.2, 0.25) is 11.8 Å². The Hall–Kier alpha value is -3.77. The van der Waals surface area contributed by atoms with E-state index in [9.17, 15) is 37.2 Å². The number of nitrogens with zero attached hydrogens (tertiary/aromatic N) is 4. The van der Waals surface area contributed by atoms with Crippen LogP contribution >= 0.6 is 34.2 Å². The van der Waals surface area contributed by atoms with Crippen molar-refractivity contribution in [3.8, 4) is 6.07 Å². The fraction of sp³-hybridized carbons (Fsp3) is 0.276. The SMILES string of the molecule is N#Cc1ccnc(N2C(=O)CC[C@H]2C(=O)N(c2cc(F)cc(F)c2)[C@H](C(=O)NC2CC(F)(F)C2)c2ccc(Cl)cc2I)c1. The minimum absolute atomic E-state index is 0.00375. The number of benzene rings is 2. The maximum atomic E-state index is 14.6. The van der Waals surface area contributed by atoms with Crippen LogP contribution in [-0.2, 0) is 14.4 Å². The lowest BCUT2D eigenvalue weighted by molar-refractivity contribution is -0.133. The van der Waals surface area contributed by atoms with Crippen molar-refractivity contribution in [3.63, 3.8) is 0 Å². The van der Waals surface area contributed by atoms with E-state index in [0.29, 0.717) is 14.7 Å². The second-order valence-corrected chi connectivity index (χ2v) is 11.8. The highest BCUT2D eigenvalue weighted by atomic mass is 127. The second kappa shape index (κ2) is 12.1. The van der Waals surface area contributed by atoms with Crippen LogP contribution in [0, 0.1) is 26.5 Å². The summed E-state index contributed by atoms with van der Waals surface area (Å²) < 4.78 is 56.8. The molecule has 0 spiro atoms. The molecule has 2 atom stereocenters. The summed E-state index contributed by atoms with van der Waals surface area (Å²) in [5.74, 6) is -7.30. The van der Waals surface area contributed by atoms with Gasteiger partial charge in [0.1, 0.15) is 29.5 Å². The van der Waals surface area contributed by atoms with Crippen molar-refractivity contribution < 1.29 is 31.9 Å². The number of anilines is 2. The van der Waals surface area contributed by atoms with Crippen molar-refractivity contribution in [2.75, 3.05) is 9.80 Å². The van der Waals surface area contributed by atoms with Crippen molar-refractivity contribution in [2.45, 2.75) is 49.7 Å². The zero-order valence-corrected chi connectivity index (χ0v) is 25.0. The highest BCUT2D eigenvalue weighted by Crippen LogP contribution is 2.40. The molecule has 3 amide bonds. The lowest BCUT2D eigenvalue weighted by Crippen LogP contribution is -2.56. The second-order valence-electron chi connectivity index (χ2n) is 10.2. The number of carbonyl (C=O) groups is 3. The molecule has 1 aliphatic carbocycles. The molecular formula is C29H21ClF4IN5O3. The lowest BCUT2D eigenvalue weighted by Gasteiger charge is -2.39. The molecule has 43 heavy (non-hydrogen) atoms. The molecule has 0 radical (unpaired) electrons. The molecule has 222 valence electrons. The van der Waals surface area contributed by atoms with Gasteiger partial charge in [-0.3, -0.25) is 24.2 Å². The average molecular weight is 726 g/mol. The summed E-state index contributed by atoms with van der Waals surface area (Å²) in [6.45, 7) is 0. The number of nitrogens with one attached hydrogen (secondary N) is 1. The maximum absolute atomic E-state index is 14.6. The zero-order chi connectivity index (χ0) is 31.1. The van der Waals surface area contributed by atoms with E-state index in [1.54, 1.807) is 0 Å². The highest BCUT2D eigenvalue weighted by molar-refractivity contribution is 14.1. The Bertz CT molecular complexity index is 1640. The lowest BCUT2D eigenvalue weighted by atomic mass is 9.87. The number of carbonyl (C=O) groups excluding carboxylic acids is 3. The highest BCUT2D eigenvalue weighted by Gasteiger charge is 2.48. The van der Waals surface area contributed by atoms with Crippen molar-refractivity contribution >= 4 is 63.4 Å². The summed E-state index contributed by atoms with van der Waals surface area (Å²) in [6.07, 6.45) is -0.0610. The Morgan fingerprint density at radius 3 is 2.47 bits per heavy atom. The van der Waals surface area contributed by atoms with Gasteiger partial charge in [-0.1, -0.05) is 17.7 Å². The summed E-state index contributed by atoms with van der Waals surface area (Å²) in [5.41, 5.74) is 0.0303. The molecule has 2 aromatic carbocycles. The summed E-state index contributed by atoms with van der Waals surface area (Å²) in [5, 5.41) is 12.2. The van der Waals surface area contributed by atoms with Crippen LogP contribution in [0.5, 0.6) is 0 Å². The van der Waals surface area contributed by atoms with Crippen LogP contribution in [0.1, 0.15) is 42.9 Å². The van der Waals surface area contributed by atoms with Gasteiger partial charge in [0, 0.05) is 46.2 Å². The van der Waals surface area contributed by atoms with E-state index < -0.39 is 66.2 Å². The first kappa shape index (κ1) is 30.7. The van der Waals surface area contributed by atoms with E-state index in [2.05, 4.69) is 10.3 Å². The summed E-state index contributed by atoms with van der Waals surface area (Å²) in [6, 6.07) is 7.59. The maximum Gasteiger partial charge on any atom is 0.252 e. The van der Waals surface area contributed by atoms with Crippen LogP contribution in [0.15, 0.2) is 54.7 Å². The van der Waals surface area contributed by atoms with Crippen LogP contribution in [0.4, 0.5) is 29.1 Å². The number of nitriles is 1. The number of hydrogen-bond donors (Lipinski definition) is 1. The van der Waals surface area contributed by atoms with Gasteiger partial charge in [-0.2, -0.15) is 5.26 Å². The molecule has 1 aliphatic heterocycles. The summed E-state index contributed by atoms with van der Waals surface area (Å²) in [7, 11) is 0. The molecule has 0 bridgehead atoms. The van der Waals surface area contributed by atoms with Gasteiger partial charge in [0.25, 0.3) is 11.8 Å². The van der Waals surface area contributed by atoms with E-state index in [-0.39, 0.29) is 35.5 Å². The molecule has 2 aliphatic rings. The molecule has 2 heterocycles. The Balaban J connectivity index is 1.64. The predicted molar refractivity (Wildman–Crippen MR) is 156 cm³/mol. The Kier molecular flexibility index (Phi) is 8.62. The van der Waals surface area contributed by atoms with E-state index >= 15 is 0 Å². The minimum Gasteiger partial charge on any atom is -0.351 e. The Morgan fingerprint density at radius 1 is 1.14 bits per heavy atom. The number of aromatic nitrogens is 1. The molecule has 1 saturated carbocycles. The van der Waals surface area contributed by atoms with Gasteiger partial charge in [-0.15, -0.1) is 0 Å². The quantitative estimate of drug-likeness (QED) is 0.250. The molecule has 2 fully saturated rings. The van der Waals surface area contributed by atoms with Gasteiger partial charge in [0.05, 0.1) is 17.3 Å². The van der Waals surface area contributed by atoms with Crippen LogP contribution < -0.4 is 15.1 Å². The van der Waals surface area contributed by atoms with Gasteiger partial charge in [-0.05, 0) is 71.0 Å². The third-order valence-electron chi connectivity index (χ3n) is 7.18. The molecular weight excluding hydrogens is 705 g/mol. The van der Waals surface area contributed by atoms with Crippen molar-refractivity contribution in [1.29, 1.82) is 5.26 Å². The molecule has 3 aromatic rings. The first-order chi connectivity index (χ1) is 20.4. The number of halogens is 6. The minimum atomic E-state index is -2.96. The number of pyridine rings is 1. The third kappa shape index (κ3) is 6.45. The number of rotatable bonds is 7. The zero-order valence-electron chi connectivity index (χ0n) is 22.0. The molecule has 5 rings (SSSR count). The van der Waals surface area contributed by atoms with E-state index in [1.165, 1.54) is 36.5 Å². The monoisotopic (exact) mass is 725 g/mol. The van der Waals surface area contributed by atoms with E-state index in [0.717, 1.165) is 21.9 Å². The molecule has 8 nitrogen and oxygen atoms in total. The van der Waals surface area contributed by atoms with Crippen LogP contribution in [0.3, 0.4) is 0 Å². The third-order valence-corrected chi connectivity index (χ3v) is 8.35. The van der Waals surface area contributed by atoms with E-state index in [1.807, 2.05) is 28.7 Å². The van der Waals surface area contributed by atoms with Gasteiger partial charge < -0.3 is 5.32 Å². The van der Waals surface area contributed by atoms with Crippen molar-refractivity contribution in [1.82, 2.24) is 10.3 Å². The molecule has 0 unspecified atom stereocenters.